The van der Waals surface area contributed by atoms with E-state index in [0.29, 0.717) is 12.3 Å². The van der Waals surface area contributed by atoms with Gasteiger partial charge in [0, 0.05) is 18.9 Å². The predicted octanol–water partition coefficient (Wildman–Crippen LogP) is 0.0757. The first-order chi connectivity index (χ1) is 20.5. The van der Waals surface area contributed by atoms with Crippen LogP contribution in [-0.2, 0) is 35.1 Å². The lowest BCUT2D eigenvalue weighted by atomic mass is 10.0. The lowest BCUT2D eigenvalue weighted by molar-refractivity contribution is -0.131. The second kappa shape index (κ2) is 22.1. The molecule has 2 atom stereocenters. The van der Waals surface area contributed by atoms with Crippen LogP contribution >= 0.6 is 0 Å². The van der Waals surface area contributed by atoms with Gasteiger partial charge in [-0.25, -0.2) is 0 Å². The van der Waals surface area contributed by atoms with Gasteiger partial charge in [-0.05, 0) is 31.7 Å². The third-order valence-corrected chi connectivity index (χ3v) is 6.09. The number of unbranched alkanes of at least 4 members (excludes halogenated alkanes) is 2. The summed E-state index contributed by atoms with van der Waals surface area (Å²) in [7, 11) is 0. The van der Waals surface area contributed by atoms with Crippen LogP contribution in [0.1, 0.15) is 65.4 Å². The molecule has 5 amide bonds. The average Bonchev–Trinajstić information content (AvgIpc) is 2.95. The third kappa shape index (κ3) is 20.1. The normalized spacial score (nSPS) is 12.3. The Hall–Kier alpha value is -3.55. The highest BCUT2D eigenvalue weighted by Crippen LogP contribution is 2.09. The van der Waals surface area contributed by atoms with E-state index in [0.717, 1.165) is 31.2 Å². The van der Waals surface area contributed by atoms with Crippen LogP contribution < -0.4 is 31.9 Å². The zero-order valence-electron chi connectivity index (χ0n) is 25.9. The molecule has 1 aromatic carbocycles. The van der Waals surface area contributed by atoms with E-state index < -0.39 is 30.0 Å². The highest BCUT2D eigenvalue weighted by molar-refractivity contribution is 5.91. The summed E-state index contributed by atoms with van der Waals surface area (Å²) in [6, 6.07) is 8.03. The van der Waals surface area contributed by atoms with Crippen molar-refractivity contribution in [1.29, 1.82) is 0 Å². The van der Waals surface area contributed by atoms with Crippen molar-refractivity contribution in [2.45, 2.75) is 84.5 Å². The average molecular weight is 607 g/mol. The minimum absolute atomic E-state index is 0.0299. The second-order valence-electron chi connectivity index (χ2n) is 11.0. The fourth-order valence-electron chi connectivity index (χ4n) is 3.89. The van der Waals surface area contributed by atoms with Crippen molar-refractivity contribution >= 4 is 29.5 Å². The smallest absolute Gasteiger partial charge is 0.246 e. The molecule has 0 aliphatic carbocycles. The maximum Gasteiger partial charge on any atom is 0.246 e. The fourth-order valence-corrected chi connectivity index (χ4v) is 3.89. The van der Waals surface area contributed by atoms with Gasteiger partial charge in [0.25, 0.3) is 0 Å². The Morgan fingerprint density at radius 1 is 0.791 bits per heavy atom. The van der Waals surface area contributed by atoms with Crippen molar-refractivity contribution in [1.82, 2.24) is 31.9 Å². The largest absolute Gasteiger partial charge is 0.377 e. The molecular formula is C30H50N6O7. The molecule has 0 radical (unpaired) electrons. The number of hydrogen-bond acceptors (Lipinski definition) is 8. The predicted molar refractivity (Wildman–Crippen MR) is 162 cm³/mol. The van der Waals surface area contributed by atoms with Gasteiger partial charge in [-0.2, -0.15) is 0 Å². The van der Waals surface area contributed by atoms with Gasteiger partial charge in [0.15, 0.2) is 0 Å². The molecule has 0 aromatic heterocycles. The SMILES string of the molecule is CC(C)CCCCCC(=O)NCC(O)NCC(=O)N[C@@H](Cc1ccccc1)C(=O)NCC(=O)NCOCC(=O)NC(C)C. The molecular weight excluding hydrogens is 556 g/mol. The zero-order chi connectivity index (χ0) is 32.0. The Morgan fingerprint density at radius 3 is 2.19 bits per heavy atom. The van der Waals surface area contributed by atoms with Gasteiger partial charge < -0.3 is 36.4 Å². The Kier molecular flexibility index (Phi) is 19.2. The number of carbonyl (C=O) groups is 5. The van der Waals surface area contributed by atoms with E-state index in [1.807, 2.05) is 19.9 Å². The van der Waals surface area contributed by atoms with Gasteiger partial charge in [-0.15, -0.1) is 0 Å². The molecule has 7 N–H and O–H groups in total. The van der Waals surface area contributed by atoms with Gasteiger partial charge in [0.1, 0.15) is 25.6 Å². The van der Waals surface area contributed by atoms with Crippen molar-refractivity contribution < 1.29 is 33.8 Å². The van der Waals surface area contributed by atoms with E-state index in [1.54, 1.807) is 24.3 Å². The molecule has 1 unspecified atom stereocenters. The monoisotopic (exact) mass is 606 g/mol. The quantitative estimate of drug-likeness (QED) is 0.0714. The molecule has 13 nitrogen and oxygen atoms in total. The van der Waals surface area contributed by atoms with E-state index in [2.05, 4.69) is 45.7 Å². The van der Waals surface area contributed by atoms with Crippen LogP contribution in [0.25, 0.3) is 0 Å². The molecule has 0 spiro atoms. The van der Waals surface area contributed by atoms with Crippen LogP contribution in [0.15, 0.2) is 30.3 Å². The standard InChI is InChI=1S/C30H50N6O7/c1-21(2)11-7-5-10-14-25(37)31-16-26(38)32-18-28(40)36-24(15-23-12-8-6-9-13-23)30(42)33-17-27(39)34-20-43-19-29(41)35-22(3)4/h6,8-9,12-13,21-22,24,26,32,38H,5,7,10-11,14-20H2,1-4H3,(H,31,37)(H,33,42)(H,34,39)(H,35,41)(H,36,40)/t24-,26?/m0/s1. The highest BCUT2D eigenvalue weighted by Gasteiger charge is 2.22. The van der Waals surface area contributed by atoms with Crippen molar-refractivity contribution in [2.75, 3.05) is 33.0 Å². The van der Waals surface area contributed by atoms with Crippen LogP contribution in [0.2, 0.25) is 0 Å². The molecule has 0 aliphatic heterocycles. The summed E-state index contributed by atoms with van der Waals surface area (Å²) in [6.45, 7) is 6.81. The zero-order valence-corrected chi connectivity index (χ0v) is 25.9. The molecule has 43 heavy (non-hydrogen) atoms. The van der Waals surface area contributed by atoms with E-state index in [4.69, 9.17) is 4.74 Å². The second-order valence-corrected chi connectivity index (χ2v) is 11.0. The van der Waals surface area contributed by atoms with Crippen molar-refractivity contribution in [3.63, 3.8) is 0 Å². The van der Waals surface area contributed by atoms with Crippen LogP contribution in [0.5, 0.6) is 0 Å². The van der Waals surface area contributed by atoms with Crippen molar-refractivity contribution in [3.05, 3.63) is 35.9 Å². The van der Waals surface area contributed by atoms with Gasteiger partial charge in [0.05, 0.1) is 19.6 Å². The number of rotatable bonds is 22. The minimum atomic E-state index is -1.15. The van der Waals surface area contributed by atoms with E-state index in [1.165, 1.54) is 0 Å². The maximum atomic E-state index is 12.9. The number of amides is 5. The Bertz CT molecular complexity index is 990. The molecule has 1 aromatic rings. The number of aliphatic hydroxyl groups excluding tert-OH is 1. The Balaban J connectivity index is 2.46. The van der Waals surface area contributed by atoms with Gasteiger partial charge in [-0.3, -0.25) is 29.3 Å². The van der Waals surface area contributed by atoms with E-state index in [-0.39, 0.29) is 57.2 Å². The molecule has 0 aliphatic rings. The fraction of sp³-hybridized carbons (Fsp3) is 0.633. The van der Waals surface area contributed by atoms with Gasteiger partial charge in [-0.1, -0.05) is 63.4 Å². The summed E-state index contributed by atoms with van der Waals surface area (Å²) >= 11 is 0. The van der Waals surface area contributed by atoms with Crippen LogP contribution in [0.4, 0.5) is 0 Å². The Labute approximate surface area is 254 Å². The third-order valence-electron chi connectivity index (χ3n) is 6.09. The molecule has 0 heterocycles. The lowest BCUT2D eigenvalue weighted by Gasteiger charge is -2.20. The summed E-state index contributed by atoms with van der Waals surface area (Å²) in [5.74, 6) is -1.50. The lowest BCUT2D eigenvalue weighted by Crippen LogP contribution is -2.53. The topological polar surface area (TPSA) is 187 Å². The van der Waals surface area contributed by atoms with Crippen LogP contribution in [0, 0.1) is 5.92 Å². The minimum Gasteiger partial charge on any atom is -0.377 e. The molecule has 242 valence electrons. The van der Waals surface area contributed by atoms with E-state index in [9.17, 15) is 29.1 Å². The van der Waals surface area contributed by atoms with Crippen molar-refractivity contribution in [2.24, 2.45) is 5.92 Å². The summed E-state index contributed by atoms with van der Waals surface area (Å²) in [6.07, 6.45) is 3.36. The van der Waals surface area contributed by atoms with Crippen molar-refractivity contribution in [3.8, 4) is 0 Å². The van der Waals surface area contributed by atoms with E-state index >= 15 is 0 Å². The maximum absolute atomic E-state index is 12.9. The first-order valence-corrected chi connectivity index (χ1v) is 14.9. The number of carbonyl (C=O) groups excluding carboxylic acids is 5. The Morgan fingerprint density at radius 2 is 1.51 bits per heavy atom. The summed E-state index contributed by atoms with van der Waals surface area (Å²) in [4.78, 5) is 61.1. The first kappa shape index (κ1) is 37.5. The summed E-state index contributed by atoms with van der Waals surface area (Å²) < 4.78 is 5.10. The molecule has 1 rings (SSSR count). The molecule has 0 saturated carbocycles. The highest BCUT2D eigenvalue weighted by atomic mass is 16.5. The van der Waals surface area contributed by atoms with Crippen LogP contribution in [-0.4, -0.2) is 85.9 Å². The molecule has 0 fully saturated rings. The number of ether oxygens (including phenoxy) is 1. The number of hydrogen-bond donors (Lipinski definition) is 7. The number of aliphatic hydroxyl groups is 1. The van der Waals surface area contributed by atoms with Crippen LogP contribution in [0.3, 0.4) is 0 Å². The summed E-state index contributed by atoms with van der Waals surface area (Å²) in [5, 5.41) is 25.6. The summed E-state index contributed by atoms with van der Waals surface area (Å²) in [5.41, 5.74) is 0.792. The van der Waals surface area contributed by atoms with Gasteiger partial charge in [0.2, 0.25) is 29.5 Å². The molecule has 0 saturated heterocycles. The molecule has 13 heteroatoms. The number of benzene rings is 1. The first-order valence-electron chi connectivity index (χ1n) is 14.9. The molecule has 0 bridgehead atoms. The number of nitrogens with one attached hydrogen (secondary N) is 6. The van der Waals surface area contributed by atoms with Gasteiger partial charge >= 0.3 is 0 Å².